The number of terminal acetylenes is 1. The Labute approximate surface area is 106 Å². The van der Waals surface area contributed by atoms with Gasteiger partial charge in [0.1, 0.15) is 11.3 Å². The smallest absolute Gasteiger partial charge is 0.387 e. The van der Waals surface area contributed by atoms with Crippen LogP contribution in [0.1, 0.15) is 10.4 Å². The number of benzene rings is 1. The van der Waals surface area contributed by atoms with Gasteiger partial charge in [0.2, 0.25) is 0 Å². The first-order valence-electron chi connectivity index (χ1n) is 4.79. The Bertz CT molecular complexity index is 538. The first-order chi connectivity index (χ1) is 8.95. The van der Waals surface area contributed by atoms with Gasteiger partial charge in [0, 0.05) is 12.1 Å². The third-order valence-electron chi connectivity index (χ3n) is 1.90. The van der Waals surface area contributed by atoms with Crippen molar-refractivity contribution in [3.63, 3.8) is 0 Å². The molecule has 0 spiro atoms. The molecule has 0 atom stereocenters. The Morgan fingerprint density at radius 1 is 1.53 bits per heavy atom. The molecule has 0 bridgehead atoms. The van der Waals surface area contributed by atoms with E-state index < -0.39 is 41.1 Å². The predicted octanol–water partition coefficient (Wildman–Crippen LogP) is 1.99. The van der Waals surface area contributed by atoms with Gasteiger partial charge in [-0.1, -0.05) is 5.92 Å². The maximum Gasteiger partial charge on any atom is 0.387 e. The Morgan fingerprint density at radius 3 is 2.74 bits per heavy atom. The molecule has 0 saturated heterocycles. The quantitative estimate of drug-likeness (QED) is 0.354. The molecule has 8 heteroatoms. The molecule has 0 fully saturated rings. The molecule has 0 aliphatic heterocycles. The van der Waals surface area contributed by atoms with Crippen LogP contribution in [0.2, 0.25) is 0 Å². The molecule has 1 aromatic carbocycles. The molecule has 0 aliphatic carbocycles. The van der Waals surface area contributed by atoms with Gasteiger partial charge < -0.3 is 9.47 Å². The predicted molar refractivity (Wildman–Crippen MR) is 58.8 cm³/mol. The fourth-order valence-electron chi connectivity index (χ4n) is 1.17. The lowest BCUT2D eigenvalue weighted by Crippen LogP contribution is -2.11. The molecule has 0 aliphatic rings. The molecule has 19 heavy (non-hydrogen) atoms. The van der Waals surface area contributed by atoms with Gasteiger partial charge in [-0.3, -0.25) is 10.1 Å². The summed E-state index contributed by atoms with van der Waals surface area (Å²) in [6.07, 6.45) is 4.87. The van der Waals surface area contributed by atoms with Crippen LogP contribution in [0, 0.1) is 22.5 Å². The second-order valence-electron chi connectivity index (χ2n) is 3.10. The van der Waals surface area contributed by atoms with Crippen LogP contribution in [0.3, 0.4) is 0 Å². The number of hydrogen-bond donors (Lipinski definition) is 0. The third kappa shape index (κ3) is 3.92. The number of rotatable bonds is 5. The van der Waals surface area contributed by atoms with Gasteiger partial charge >= 0.3 is 12.6 Å². The fourth-order valence-corrected chi connectivity index (χ4v) is 1.17. The van der Waals surface area contributed by atoms with Crippen LogP contribution in [0.15, 0.2) is 18.2 Å². The number of nitro benzene ring substituents is 1. The third-order valence-corrected chi connectivity index (χ3v) is 1.90. The number of alkyl halides is 2. The highest BCUT2D eigenvalue weighted by Crippen LogP contribution is 2.26. The number of non-ortho nitro benzene ring substituents is 1. The SMILES string of the molecule is C#CCOC(=O)c1cc([N+](=O)[O-])ccc1OC(F)F. The van der Waals surface area contributed by atoms with Gasteiger partial charge in [-0.2, -0.15) is 8.78 Å². The minimum Gasteiger partial charge on any atom is -0.449 e. The van der Waals surface area contributed by atoms with Crippen LogP contribution in [-0.2, 0) is 4.74 Å². The Morgan fingerprint density at radius 2 is 2.21 bits per heavy atom. The Balaban J connectivity index is 3.14. The number of carbonyl (C=O) groups excluding carboxylic acids is 1. The van der Waals surface area contributed by atoms with Crippen LogP contribution < -0.4 is 4.74 Å². The Hall–Kier alpha value is -2.69. The van der Waals surface area contributed by atoms with Crippen molar-refractivity contribution >= 4 is 11.7 Å². The van der Waals surface area contributed by atoms with Gasteiger partial charge in [-0.05, 0) is 6.07 Å². The molecular weight excluding hydrogens is 264 g/mol. The van der Waals surface area contributed by atoms with Gasteiger partial charge in [0.05, 0.1) is 4.92 Å². The molecule has 0 aromatic heterocycles. The number of esters is 1. The highest BCUT2D eigenvalue weighted by atomic mass is 19.3. The number of hydrogen-bond acceptors (Lipinski definition) is 5. The minimum absolute atomic E-state index is 0.393. The number of halogens is 2. The molecule has 0 saturated carbocycles. The zero-order valence-corrected chi connectivity index (χ0v) is 9.34. The molecule has 0 unspecified atom stereocenters. The van der Waals surface area contributed by atoms with E-state index in [1.165, 1.54) is 0 Å². The summed E-state index contributed by atoms with van der Waals surface area (Å²) >= 11 is 0. The second-order valence-corrected chi connectivity index (χ2v) is 3.10. The zero-order chi connectivity index (χ0) is 14.4. The number of nitro groups is 1. The molecule has 1 rings (SSSR count). The van der Waals surface area contributed by atoms with Crippen LogP contribution in [0.4, 0.5) is 14.5 Å². The number of nitrogens with zero attached hydrogens (tertiary/aromatic N) is 1. The van der Waals surface area contributed by atoms with E-state index >= 15 is 0 Å². The molecule has 1 aromatic rings. The van der Waals surface area contributed by atoms with E-state index in [2.05, 4.69) is 9.47 Å². The topological polar surface area (TPSA) is 78.7 Å². The van der Waals surface area contributed by atoms with Crippen LogP contribution in [-0.4, -0.2) is 24.1 Å². The van der Waals surface area contributed by atoms with Crippen LogP contribution in [0.5, 0.6) is 5.75 Å². The minimum atomic E-state index is -3.18. The van der Waals surface area contributed by atoms with E-state index in [1.807, 2.05) is 5.92 Å². The van der Waals surface area contributed by atoms with E-state index in [4.69, 9.17) is 6.42 Å². The maximum atomic E-state index is 12.1. The summed E-state index contributed by atoms with van der Waals surface area (Å²) in [4.78, 5) is 21.3. The average molecular weight is 271 g/mol. The van der Waals surface area contributed by atoms with E-state index in [1.54, 1.807) is 0 Å². The highest BCUT2D eigenvalue weighted by molar-refractivity contribution is 5.93. The van der Waals surface area contributed by atoms with Gasteiger partial charge in [0.25, 0.3) is 5.69 Å². The normalized spacial score (nSPS) is 9.79. The first kappa shape index (κ1) is 14.4. The van der Waals surface area contributed by atoms with E-state index in [0.717, 1.165) is 18.2 Å². The molecular formula is C11H7F2NO5. The van der Waals surface area contributed by atoms with Crippen molar-refractivity contribution in [2.75, 3.05) is 6.61 Å². The molecule has 100 valence electrons. The van der Waals surface area contributed by atoms with Crippen molar-refractivity contribution in [1.82, 2.24) is 0 Å². The van der Waals surface area contributed by atoms with Crippen LogP contribution in [0.25, 0.3) is 0 Å². The molecule has 0 N–H and O–H groups in total. The number of carbonyl (C=O) groups is 1. The molecule has 0 amide bonds. The monoisotopic (exact) mass is 271 g/mol. The van der Waals surface area contributed by atoms with Crippen LogP contribution >= 0.6 is 0 Å². The maximum absolute atomic E-state index is 12.1. The summed E-state index contributed by atoms with van der Waals surface area (Å²) in [5.41, 5.74) is -0.959. The Kier molecular flexibility index (Phi) is 4.76. The fraction of sp³-hybridized carbons (Fsp3) is 0.182. The molecule has 6 nitrogen and oxygen atoms in total. The van der Waals surface area contributed by atoms with Crippen molar-refractivity contribution < 1.29 is 28.0 Å². The van der Waals surface area contributed by atoms with Crippen molar-refractivity contribution in [3.05, 3.63) is 33.9 Å². The van der Waals surface area contributed by atoms with Gasteiger partial charge in [-0.25, -0.2) is 4.79 Å². The van der Waals surface area contributed by atoms with E-state index in [-0.39, 0.29) is 0 Å². The second kappa shape index (κ2) is 6.30. The molecule has 0 radical (unpaired) electrons. The van der Waals surface area contributed by atoms with Gasteiger partial charge in [-0.15, -0.1) is 6.42 Å². The van der Waals surface area contributed by atoms with E-state index in [0.29, 0.717) is 0 Å². The molecule has 0 heterocycles. The lowest BCUT2D eigenvalue weighted by molar-refractivity contribution is -0.384. The zero-order valence-electron chi connectivity index (χ0n) is 9.34. The summed E-state index contributed by atoms with van der Waals surface area (Å²) < 4.78 is 32.9. The summed E-state index contributed by atoms with van der Waals surface area (Å²) in [6, 6.07) is 2.59. The first-order valence-corrected chi connectivity index (χ1v) is 4.79. The van der Waals surface area contributed by atoms with Crippen molar-refractivity contribution in [3.8, 4) is 18.1 Å². The van der Waals surface area contributed by atoms with Gasteiger partial charge in [0.15, 0.2) is 6.61 Å². The van der Waals surface area contributed by atoms with E-state index in [9.17, 15) is 23.7 Å². The summed E-state index contributed by atoms with van der Waals surface area (Å²) in [5.74, 6) is 0.389. The largest absolute Gasteiger partial charge is 0.449 e. The average Bonchev–Trinajstić information content (AvgIpc) is 2.35. The summed E-state index contributed by atoms with van der Waals surface area (Å²) in [5, 5.41) is 10.6. The number of ether oxygens (including phenoxy) is 2. The van der Waals surface area contributed by atoms with Crippen molar-refractivity contribution in [2.24, 2.45) is 0 Å². The standard InChI is InChI=1S/C11H7F2NO5/c1-2-5-18-10(15)8-6-7(14(16)17)3-4-9(8)19-11(12)13/h1,3-4,6,11H,5H2. The van der Waals surface area contributed by atoms with Crippen molar-refractivity contribution in [2.45, 2.75) is 6.61 Å². The summed E-state index contributed by atoms with van der Waals surface area (Å²) in [6.45, 7) is -3.57. The lowest BCUT2D eigenvalue weighted by atomic mass is 10.2. The summed E-state index contributed by atoms with van der Waals surface area (Å²) in [7, 11) is 0. The lowest BCUT2D eigenvalue weighted by Gasteiger charge is -2.09. The highest BCUT2D eigenvalue weighted by Gasteiger charge is 2.21. The van der Waals surface area contributed by atoms with Crippen molar-refractivity contribution in [1.29, 1.82) is 0 Å².